The summed E-state index contributed by atoms with van der Waals surface area (Å²) >= 11 is 0. The van der Waals surface area contributed by atoms with E-state index in [-0.39, 0.29) is 12.3 Å². The molecule has 1 N–H and O–H groups in total. The van der Waals surface area contributed by atoms with Gasteiger partial charge in [-0.25, -0.2) is 4.98 Å². The van der Waals surface area contributed by atoms with E-state index in [9.17, 15) is 0 Å². The normalized spacial score (nSPS) is 23.2. The second-order valence-corrected chi connectivity index (χ2v) is 7.34. The fraction of sp³-hybridized carbons (Fsp3) is 0.789. The van der Waals surface area contributed by atoms with Gasteiger partial charge in [-0.2, -0.15) is 4.98 Å². The highest BCUT2D eigenvalue weighted by molar-refractivity contribution is 5.43. The van der Waals surface area contributed by atoms with Crippen LogP contribution in [0, 0.1) is 0 Å². The molecule has 2 atom stereocenters. The minimum atomic E-state index is -0.198. The van der Waals surface area contributed by atoms with Crippen LogP contribution in [0.5, 0.6) is 0 Å². The van der Waals surface area contributed by atoms with Crippen molar-refractivity contribution in [1.82, 2.24) is 14.9 Å². The molecule has 2 fully saturated rings. The molecule has 2 saturated heterocycles. The van der Waals surface area contributed by atoms with Crippen LogP contribution in [0.25, 0.3) is 0 Å². The van der Waals surface area contributed by atoms with Crippen molar-refractivity contribution in [3.05, 3.63) is 12.3 Å². The highest BCUT2D eigenvalue weighted by Gasteiger charge is 2.30. The zero-order chi connectivity index (χ0) is 18.4. The molecule has 0 saturated carbocycles. The van der Waals surface area contributed by atoms with E-state index < -0.39 is 0 Å². The number of nitrogens with zero attached hydrogens (tertiary/aromatic N) is 4. The Hall–Kier alpha value is -1.44. The molecule has 0 radical (unpaired) electrons. The largest absolute Gasteiger partial charge is 0.356 e. The van der Waals surface area contributed by atoms with Gasteiger partial charge in [-0.3, -0.25) is 4.90 Å². The summed E-state index contributed by atoms with van der Waals surface area (Å²) in [6.45, 7) is 6.31. The summed E-state index contributed by atoms with van der Waals surface area (Å²) < 4.78 is 10.8. The Bertz CT molecular complexity index is 546. The smallest absolute Gasteiger partial charge is 0.224 e. The lowest BCUT2D eigenvalue weighted by Crippen LogP contribution is -2.43. The molecule has 7 nitrogen and oxygen atoms in total. The number of hydrogen-bond acceptors (Lipinski definition) is 7. The molecule has 2 unspecified atom stereocenters. The fourth-order valence-electron chi connectivity index (χ4n) is 4.01. The van der Waals surface area contributed by atoms with Crippen molar-refractivity contribution in [3.8, 4) is 0 Å². The van der Waals surface area contributed by atoms with E-state index in [0.29, 0.717) is 6.04 Å². The van der Waals surface area contributed by atoms with Crippen LogP contribution in [0.2, 0.25) is 0 Å². The lowest BCUT2D eigenvalue weighted by atomic mass is 10.2. The molecule has 1 aromatic rings. The number of anilines is 2. The van der Waals surface area contributed by atoms with Gasteiger partial charge in [0, 0.05) is 52.6 Å². The summed E-state index contributed by atoms with van der Waals surface area (Å²) in [5.41, 5.74) is 0. The van der Waals surface area contributed by atoms with Crippen molar-refractivity contribution >= 4 is 11.8 Å². The van der Waals surface area contributed by atoms with E-state index in [1.165, 1.54) is 25.7 Å². The second-order valence-electron chi connectivity index (χ2n) is 7.34. The third kappa shape index (κ3) is 4.84. The average Bonchev–Trinajstić information content (AvgIpc) is 2.95. The maximum atomic E-state index is 5.41. The van der Waals surface area contributed by atoms with Crippen LogP contribution in [0.3, 0.4) is 0 Å². The molecule has 2 aliphatic heterocycles. The first-order valence-electron chi connectivity index (χ1n) is 9.85. The lowest BCUT2D eigenvalue weighted by molar-refractivity contribution is -0.140. The predicted molar refractivity (Wildman–Crippen MR) is 104 cm³/mol. The van der Waals surface area contributed by atoms with Gasteiger partial charge in [0.05, 0.1) is 6.04 Å². The number of rotatable bonds is 7. The van der Waals surface area contributed by atoms with Crippen LogP contribution >= 0.6 is 0 Å². The Balaban J connectivity index is 1.57. The molecule has 0 spiro atoms. The van der Waals surface area contributed by atoms with Crippen molar-refractivity contribution < 1.29 is 9.47 Å². The summed E-state index contributed by atoms with van der Waals surface area (Å²) in [5, 5.41) is 3.52. The number of methoxy groups -OCH3 is 2. The number of hydrogen-bond donors (Lipinski definition) is 1. The highest BCUT2D eigenvalue weighted by Crippen LogP contribution is 2.21. The Morgan fingerprint density at radius 1 is 1.12 bits per heavy atom. The number of ether oxygens (including phenoxy) is 2. The molecular weight excluding hydrogens is 330 g/mol. The standard InChI is InChI=1S/C19H33N5O2/c1-15(18(25-2)26-3)24-13-9-16(14-24)21-19-20-10-8-17(22-19)23-11-6-4-5-7-12-23/h8,10,15-16,18H,4-7,9,11-14H2,1-3H3,(H,20,21,22). The fourth-order valence-corrected chi connectivity index (χ4v) is 4.01. The molecule has 2 aliphatic rings. The van der Waals surface area contributed by atoms with Gasteiger partial charge in [0.1, 0.15) is 5.82 Å². The van der Waals surface area contributed by atoms with Crippen LogP contribution in [-0.2, 0) is 9.47 Å². The molecule has 0 bridgehead atoms. The first-order valence-corrected chi connectivity index (χ1v) is 9.85. The molecule has 26 heavy (non-hydrogen) atoms. The van der Waals surface area contributed by atoms with Gasteiger partial charge in [-0.1, -0.05) is 12.8 Å². The third-order valence-electron chi connectivity index (χ3n) is 5.56. The first kappa shape index (κ1) is 19.3. The van der Waals surface area contributed by atoms with Gasteiger partial charge >= 0.3 is 0 Å². The summed E-state index contributed by atoms with van der Waals surface area (Å²) in [4.78, 5) is 14.0. The maximum Gasteiger partial charge on any atom is 0.224 e. The van der Waals surface area contributed by atoms with Gasteiger partial charge in [0.2, 0.25) is 5.95 Å². The molecule has 0 aromatic carbocycles. The van der Waals surface area contributed by atoms with E-state index in [1.54, 1.807) is 14.2 Å². The van der Waals surface area contributed by atoms with Gasteiger partial charge in [0.15, 0.2) is 6.29 Å². The van der Waals surface area contributed by atoms with Gasteiger partial charge in [0.25, 0.3) is 0 Å². The molecule has 3 rings (SSSR count). The number of aromatic nitrogens is 2. The van der Waals surface area contributed by atoms with Crippen molar-refractivity contribution in [2.24, 2.45) is 0 Å². The third-order valence-corrected chi connectivity index (χ3v) is 5.56. The molecule has 0 amide bonds. The van der Waals surface area contributed by atoms with Crippen molar-refractivity contribution in [2.75, 3.05) is 50.6 Å². The first-order chi connectivity index (χ1) is 12.7. The topological polar surface area (TPSA) is 62.8 Å². The lowest BCUT2D eigenvalue weighted by Gasteiger charge is -2.29. The quantitative estimate of drug-likeness (QED) is 0.746. The zero-order valence-electron chi connectivity index (χ0n) is 16.4. The summed E-state index contributed by atoms with van der Waals surface area (Å²) in [6, 6.07) is 2.61. The van der Waals surface area contributed by atoms with Gasteiger partial charge in [-0.05, 0) is 32.3 Å². The Morgan fingerprint density at radius 2 is 1.85 bits per heavy atom. The summed E-state index contributed by atoms with van der Waals surface area (Å²) in [5.74, 6) is 1.78. The van der Waals surface area contributed by atoms with Crippen LogP contribution in [-0.4, -0.2) is 73.6 Å². The molecular formula is C19H33N5O2. The van der Waals surface area contributed by atoms with Crippen LogP contribution in [0.15, 0.2) is 12.3 Å². The summed E-state index contributed by atoms with van der Waals surface area (Å²) in [6.07, 6.45) is 7.90. The number of nitrogens with one attached hydrogen (secondary N) is 1. The molecule has 7 heteroatoms. The molecule has 1 aromatic heterocycles. The Kier molecular flexibility index (Phi) is 7.05. The van der Waals surface area contributed by atoms with Crippen molar-refractivity contribution in [1.29, 1.82) is 0 Å². The van der Waals surface area contributed by atoms with Crippen LogP contribution in [0.1, 0.15) is 39.0 Å². The zero-order valence-corrected chi connectivity index (χ0v) is 16.4. The van der Waals surface area contributed by atoms with E-state index in [0.717, 1.165) is 44.4 Å². The Labute approximate surface area is 157 Å². The molecule has 0 aliphatic carbocycles. The Morgan fingerprint density at radius 3 is 2.54 bits per heavy atom. The molecule has 146 valence electrons. The van der Waals surface area contributed by atoms with Crippen LogP contribution < -0.4 is 10.2 Å². The van der Waals surface area contributed by atoms with E-state index in [2.05, 4.69) is 27.0 Å². The van der Waals surface area contributed by atoms with Gasteiger partial charge < -0.3 is 19.7 Å². The minimum Gasteiger partial charge on any atom is -0.356 e. The predicted octanol–water partition coefficient (Wildman–Crippen LogP) is 2.35. The highest BCUT2D eigenvalue weighted by atomic mass is 16.7. The monoisotopic (exact) mass is 363 g/mol. The average molecular weight is 364 g/mol. The van der Waals surface area contributed by atoms with Gasteiger partial charge in [-0.15, -0.1) is 0 Å². The maximum absolute atomic E-state index is 5.41. The van der Waals surface area contributed by atoms with E-state index in [4.69, 9.17) is 14.5 Å². The van der Waals surface area contributed by atoms with Crippen molar-refractivity contribution in [3.63, 3.8) is 0 Å². The van der Waals surface area contributed by atoms with Crippen molar-refractivity contribution in [2.45, 2.75) is 57.4 Å². The van der Waals surface area contributed by atoms with E-state index >= 15 is 0 Å². The summed E-state index contributed by atoms with van der Waals surface area (Å²) in [7, 11) is 3.39. The van der Waals surface area contributed by atoms with Crippen LogP contribution in [0.4, 0.5) is 11.8 Å². The van der Waals surface area contributed by atoms with E-state index in [1.807, 2.05) is 12.3 Å². The number of likely N-dealkylation sites (tertiary alicyclic amines) is 1. The SMILES string of the molecule is COC(OC)C(C)N1CCC(Nc2nccc(N3CCCCCC3)n2)C1. The molecule has 3 heterocycles. The minimum absolute atomic E-state index is 0.198. The second kappa shape index (κ2) is 9.48.